The molecule has 1 N–H and O–H groups in total. The molecule has 3 atom stereocenters. The molecule has 1 amide bonds. The molecule has 3 fully saturated rings. The van der Waals surface area contributed by atoms with Gasteiger partial charge in [-0.1, -0.05) is 121 Å². The molecule has 6 aromatic carbocycles. The lowest BCUT2D eigenvalue weighted by molar-refractivity contribution is -0.380. The van der Waals surface area contributed by atoms with Crippen molar-refractivity contribution in [2.45, 2.75) is 75.5 Å². The van der Waals surface area contributed by atoms with E-state index in [1.165, 1.54) is 18.3 Å². The summed E-state index contributed by atoms with van der Waals surface area (Å²) >= 11 is 0. The third-order valence-electron chi connectivity index (χ3n) is 14.0. The molecular weight excluding hydrogens is 1070 g/mol. The van der Waals surface area contributed by atoms with Crippen molar-refractivity contribution in [3.63, 3.8) is 0 Å². The molecule has 18 nitrogen and oxygen atoms in total. The SMILES string of the molecule is O=POC(OCc1ccccc1)(OCc1ccccc1)C1CN(c2ccc(OC[C@]3(OP(=O)(OCc4ccccc4)OCc4ccccc4)C[C@H]4COc5c(c(F)cc6c(=O)c(C(=O)O)cn(C7CC7)c56)N4C3)c(F)c2)C(=O)O1. The molecule has 7 aromatic rings. The van der Waals surface area contributed by atoms with E-state index in [1.54, 1.807) is 107 Å². The van der Waals surface area contributed by atoms with Gasteiger partial charge in [-0.2, -0.15) is 0 Å². The highest BCUT2D eigenvalue weighted by Gasteiger charge is 2.55. The Bertz CT molecular complexity index is 3400. The second-order valence-corrected chi connectivity index (χ2v) is 21.4. The first-order chi connectivity index (χ1) is 38.3. The summed E-state index contributed by atoms with van der Waals surface area (Å²) in [6.07, 6.45) is 0.315. The average molecular weight is 1120 g/mol. The Labute approximate surface area is 452 Å². The summed E-state index contributed by atoms with van der Waals surface area (Å²) in [6, 6.07) is 39.8. The number of aromatic nitrogens is 1. The van der Waals surface area contributed by atoms with Crippen molar-refractivity contribution < 1.29 is 74.4 Å². The van der Waals surface area contributed by atoms with Crippen LogP contribution in [0.15, 0.2) is 157 Å². The normalized spacial score (nSPS) is 19.0. The van der Waals surface area contributed by atoms with Crippen molar-refractivity contribution in [2.24, 2.45) is 0 Å². The molecule has 11 rings (SSSR count). The van der Waals surface area contributed by atoms with Gasteiger partial charge in [0.1, 0.15) is 30.1 Å². The van der Waals surface area contributed by atoms with Crippen LogP contribution in [-0.2, 0) is 67.9 Å². The van der Waals surface area contributed by atoms with Gasteiger partial charge >= 0.3 is 34.5 Å². The van der Waals surface area contributed by atoms with Gasteiger partial charge in [0.25, 0.3) is 0 Å². The van der Waals surface area contributed by atoms with Gasteiger partial charge in [0.05, 0.1) is 62.1 Å². The number of cyclic esters (lactones) is 1. The number of carbonyl (C=O) groups is 2. The number of aromatic carboxylic acids is 1. The Kier molecular flexibility index (Phi) is 15.5. The van der Waals surface area contributed by atoms with E-state index in [2.05, 4.69) is 0 Å². The number of nitrogens with zero attached hydrogens (tertiary/aromatic N) is 3. The number of fused-ring (bicyclic) bond motifs is 5. The van der Waals surface area contributed by atoms with Crippen molar-refractivity contribution in [3.8, 4) is 11.5 Å². The fourth-order valence-electron chi connectivity index (χ4n) is 10.0. The van der Waals surface area contributed by atoms with Gasteiger partial charge in [0.2, 0.25) is 11.5 Å². The third kappa shape index (κ3) is 11.6. The van der Waals surface area contributed by atoms with Crippen molar-refractivity contribution in [1.29, 1.82) is 0 Å². The van der Waals surface area contributed by atoms with E-state index in [-0.39, 0.29) is 92.4 Å². The number of rotatable bonds is 23. The number of halogens is 2. The van der Waals surface area contributed by atoms with Crippen LogP contribution in [0, 0.1) is 11.6 Å². The van der Waals surface area contributed by atoms with Crippen LogP contribution in [0.1, 0.15) is 57.9 Å². The van der Waals surface area contributed by atoms with Crippen LogP contribution in [0.25, 0.3) is 10.9 Å². The van der Waals surface area contributed by atoms with E-state index in [0.29, 0.717) is 35.1 Å². The van der Waals surface area contributed by atoms with E-state index in [1.807, 2.05) is 24.3 Å². The van der Waals surface area contributed by atoms with Gasteiger partial charge in [-0.05, 0) is 53.3 Å². The summed E-state index contributed by atoms with van der Waals surface area (Å²) in [6.45, 7) is -1.79. The number of anilines is 2. The van der Waals surface area contributed by atoms with Crippen LogP contribution in [0.5, 0.6) is 11.5 Å². The summed E-state index contributed by atoms with van der Waals surface area (Å²) in [4.78, 5) is 42.3. The third-order valence-corrected chi connectivity index (χ3v) is 15.8. The Morgan fingerprint density at radius 3 is 1.90 bits per heavy atom. The lowest BCUT2D eigenvalue weighted by Crippen LogP contribution is -2.50. The quantitative estimate of drug-likeness (QED) is 0.0468. The van der Waals surface area contributed by atoms with Gasteiger partial charge in [0, 0.05) is 24.7 Å². The van der Waals surface area contributed by atoms with Crippen LogP contribution in [0.2, 0.25) is 0 Å². The molecule has 2 saturated heterocycles. The minimum atomic E-state index is -4.67. The summed E-state index contributed by atoms with van der Waals surface area (Å²) in [5, 5.41) is 9.76. The summed E-state index contributed by atoms with van der Waals surface area (Å²) in [7, 11) is -5.51. The zero-order chi connectivity index (χ0) is 54.7. The number of hydrogen-bond donors (Lipinski definition) is 1. The molecule has 1 unspecified atom stereocenters. The van der Waals surface area contributed by atoms with Crippen LogP contribution in [0.3, 0.4) is 0 Å². The van der Waals surface area contributed by atoms with Crippen molar-refractivity contribution in [3.05, 3.63) is 201 Å². The first-order valence-electron chi connectivity index (χ1n) is 25.3. The molecule has 22 heteroatoms. The van der Waals surface area contributed by atoms with E-state index in [4.69, 9.17) is 41.8 Å². The lowest BCUT2D eigenvalue weighted by Gasteiger charge is -2.35. The molecule has 79 heavy (non-hydrogen) atoms. The predicted octanol–water partition coefficient (Wildman–Crippen LogP) is 11.3. The fraction of sp³-hybridized carbons (Fsp3) is 0.281. The molecule has 1 saturated carbocycles. The fourth-order valence-corrected chi connectivity index (χ4v) is 11.8. The molecule has 0 spiro atoms. The van der Waals surface area contributed by atoms with Crippen molar-refractivity contribution in [2.75, 3.05) is 36.1 Å². The Hall–Kier alpha value is -7.38. The largest absolute Gasteiger partial charge is 0.487 e. The second-order valence-electron chi connectivity index (χ2n) is 19.5. The molecule has 0 bridgehead atoms. The Morgan fingerprint density at radius 2 is 1.35 bits per heavy atom. The van der Waals surface area contributed by atoms with Crippen molar-refractivity contribution >= 4 is 50.8 Å². The second kappa shape index (κ2) is 22.8. The molecule has 3 aliphatic heterocycles. The molecule has 0 radical (unpaired) electrons. The van der Waals surface area contributed by atoms with Gasteiger partial charge < -0.3 is 38.3 Å². The zero-order valence-corrected chi connectivity index (χ0v) is 43.9. The van der Waals surface area contributed by atoms with Crippen LogP contribution in [0.4, 0.5) is 25.0 Å². The number of carbonyl (C=O) groups excluding carboxylic acids is 1. The molecular formula is C57H51F2N3O15P2. The standard InChI is InChI=1S/C57H51F2N3O15P2/c58-46-25-42(61-29-49(75-55(61)66)57(76-78-67,71-30-37-13-5-1-6-14-37)72-31-38-15-7-2-8-16-38)23-24-48(46)70-36-56(77-79(68,73-32-39-17-9-3-10-18-39)74-33-40-19-11-4-12-20-40)27-43-34-69-53-50-44(26-47(59)51(53)62(43)35-56)52(63)45(54(64)65)28-60(50)41-21-22-41/h1-20,23-26,28,41,43,49H,21-22,27,29-36H2,(H,64,65)/t43-,49?,56-/m0/s1. The highest BCUT2D eigenvalue weighted by atomic mass is 31.2. The summed E-state index contributed by atoms with van der Waals surface area (Å²) in [5.74, 6) is -5.79. The number of phosphoric acid groups is 1. The monoisotopic (exact) mass is 1120 g/mol. The van der Waals surface area contributed by atoms with E-state index in [9.17, 15) is 24.1 Å². The number of amides is 1. The summed E-state index contributed by atoms with van der Waals surface area (Å²) < 4.78 is 118. The maximum atomic E-state index is 16.8. The molecule has 1 aliphatic carbocycles. The van der Waals surface area contributed by atoms with Crippen LogP contribution in [-0.4, -0.2) is 71.8 Å². The summed E-state index contributed by atoms with van der Waals surface area (Å²) in [5.41, 5.74) is -0.203. The number of carboxylic acids is 1. The number of pyridine rings is 1. The van der Waals surface area contributed by atoms with E-state index in [0.717, 1.165) is 17.0 Å². The number of carboxylic acid groups (broad SMARTS) is 1. The van der Waals surface area contributed by atoms with Gasteiger partial charge in [-0.25, -0.2) is 32.0 Å². The average Bonchev–Trinajstić information content (AvgIpc) is 4.26. The number of hydrogen-bond acceptors (Lipinski definition) is 15. The highest BCUT2D eigenvalue weighted by molar-refractivity contribution is 7.48. The van der Waals surface area contributed by atoms with E-state index >= 15 is 13.3 Å². The molecule has 1 aromatic heterocycles. The maximum absolute atomic E-state index is 16.8. The first-order valence-corrected chi connectivity index (χ1v) is 27.5. The van der Waals surface area contributed by atoms with Crippen molar-refractivity contribution in [1.82, 2.24) is 4.57 Å². The maximum Gasteiger partial charge on any atom is 0.476 e. The van der Waals surface area contributed by atoms with E-state index < -0.39 is 81.5 Å². The van der Waals surface area contributed by atoms with Crippen LogP contribution >= 0.6 is 16.5 Å². The smallest absolute Gasteiger partial charge is 0.476 e. The minimum absolute atomic E-state index is 0.0130. The zero-order valence-electron chi connectivity index (χ0n) is 42.1. The minimum Gasteiger partial charge on any atom is -0.487 e. The van der Waals surface area contributed by atoms with Gasteiger partial charge in [-0.3, -0.25) is 23.3 Å². The van der Waals surface area contributed by atoms with Gasteiger partial charge in [0.15, 0.2) is 23.1 Å². The predicted molar refractivity (Wildman–Crippen MR) is 282 cm³/mol. The molecule has 408 valence electrons. The van der Waals surface area contributed by atoms with Gasteiger partial charge in [-0.15, -0.1) is 0 Å². The van der Waals surface area contributed by atoms with Crippen LogP contribution < -0.4 is 24.7 Å². The molecule has 4 aliphatic rings. The molecule has 4 heterocycles. The topological polar surface area (TPSA) is 200 Å². The number of phosphoric ester groups is 1. The number of benzene rings is 6. The number of ether oxygens (including phenoxy) is 5. The lowest BCUT2D eigenvalue weighted by atomic mass is 10.0. The Morgan fingerprint density at radius 1 is 0.772 bits per heavy atom. The first kappa shape index (κ1) is 53.6. The Balaban J connectivity index is 0.901. The highest BCUT2D eigenvalue weighted by Crippen LogP contribution is 2.58.